The van der Waals surface area contributed by atoms with Crippen LogP contribution in [0.25, 0.3) is 11.4 Å². The summed E-state index contributed by atoms with van der Waals surface area (Å²) in [7, 11) is 1.87. The van der Waals surface area contributed by atoms with Gasteiger partial charge in [-0.05, 0) is 31.2 Å². The van der Waals surface area contributed by atoms with E-state index in [2.05, 4.69) is 36.7 Å². The fraction of sp³-hybridized carbons (Fsp3) is 0.176. The minimum atomic E-state index is -0.235. The molecule has 134 valence electrons. The molecule has 2 aromatic heterocycles. The van der Waals surface area contributed by atoms with E-state index in [1.807, 2.05) is 48.9 Å². The van der Waals surface area contributed by atoms with Gasteiger partial charge >= 0.3 is 0 Å². The lowest BCUT2D eigenvalue weighted by Gasteiger charge is -2.04. The zero-order chi connectivity index (χ0) is 18.5. The molecule has 0 radical (unpaired) electrons. The van der Waals surface area contributed by atoms with Gasteiger partial charge in [-0.1, -0.05) is 39.8 Å². The van der Waals surface area contributed by atoms with Crippen LogP contribution in [0.3, 0.4) is 0 Å². The number of carbonyl (C=O) groups is 1. The van der Waals surface area contributed by atoms with Crippen molar-refractivity contribution in [3.05, 3.63) is 52.4 Å². The van der Waals surface area contributed by atoms with Crippen molar-refractivity contribution in [2.75, 3.05) is 5.75 Å². The number of rotatable bonds is 6. The Bertz CT molecular complexity index is 950. The molecule has 0 saturated carbocycles. The monoisotopic (exact) mass is 433 g/mol. The molecule has 3 aromatic rings. The van der Waals surface area contributed by atoms with Crippen molar-refractivity contribution in [1.29, 1.82) is 0 Å². The van der Waals surface area contributed by atoms with Crippen molar-refractivity contribution in [3.63, 3.8) is 0 Å². The highest BCUT2D eigenvalue weighted by Gasteiger charge is 2.13. The van der Waals surface area contributed by atoms with Gasteiger partial charge in [-0.3, -0.25) is 4.79 Å². The van der Waals surface area contributed by atoms with Crippen molar-refractivity contribution in [2.45, 2.75) is 12.1 Å². The topological polar surface area (TPSA) is 85.3 Å². The van der Waals surface area contributed by atoms with Gasteiger partial charge in [0.05, 0.1) is 12.0 Å². The van der Waals surface area contributed by atoms with E-state index in [0.717, 1.165) is 21.6 Å². The fourth-order valence-corrected chi connectivity index (χ4v) is 3.28. The van der Waals surface area contributed by atoms with Crippen LogP contribution >= 0.6 is 27.7 Å². The minimum absolute atomic E-state index is 0.180. The quantitative estimate of drug-likeness (QED) is 0.365. The molecule has 0 spiro atoms. The number of amides is 1. The van der Waals surface area contributed by atoms with E-state index in [-0.39, 0.29) is 11.7 Å². The summed E-state index contributed by atoms with van der Waals surface area (Å²) in [5.41, 5.74) is 3.41. The Morgan fingerprint density at radius 1 is 1.38 bits per heavy atom. The van der Waals surface area contributed by atoms with E-state index in [9.17, 15) is 4.79 Å². The van der Waals surface area contributed by atoms with Crippen LogP contribution in [0.4, 0.5) is 0 Å². The number of aromatic nitrogens is 3. The third kappa shape index (κ3) is 4.61. The zero-order valence-corrected chi connectivity index (χ0v) is 16.5. The van der Waals surface area contributed by atoms with E-state index in [1.54, 1.807) is 6.07 Å². The van der Waals surface area contributed by atoms with Crippen molar-refractivity contribution in [3.8, 4) is 11.4 Å². The Labute approximate surface area is 163 Å². The average Bonchev–Trinajstić information content (AvgIpc) is 3.19. The fourth-order valence-electron chi connectivity index (χ4n) is 2.17. The molecular weight excluding hydrogens is 418 g/mol. The van der Waals surface area contributed by atoms with E-state index < -0.39 is 0 Å². The lowest BCUT2D eigenvalue weighted by molar-refractivity contribution is -0.118. The van der Waals surface area contributed by atoms with Gasteiger partial charge in [-0.15, -0.1) is 10.2 Å². The molecular formula is C17H16BrN5O2S. The number of hydrazone groups is 1. The molecule has 0 fully saturated rings. The third-order valence-corrected chi connectivity index (χ3v) is 4.91. The second kappa shape index (κ2) is 8.33. The summed E-state index contributed by atoms with van der Waals surface area (Å²) in [6.45, 7) is 1.84. The predicted molar refractivity (Wildman–Crippen MR) is 104 cm³/mol. The smallest absolute Gasteiger partial charge is 0.250 e. The van der Waals surface area contributed by atoms with Gasteiger partial charge in [-0.25, -0.2) is 5.43 Å². The first-order chi connectivity index (χ1) is 12.5. The third-order valence-electron chi connectivity index (χ3n) is 3.39. The summed E-state index contributed by atoms with van der Waals surface area (Å²) in [5.74, 6) is 2.06. The molecule has 0 aliphatic carbocycles. The van der Waals surface area contributed by atoms with Crippen LogP contribution in [0.15, 0.2) is 55.5 Å². The highest BCUT2D eigenvalue weighted by Crippen LogP contribution is 2.24. The van der Waals surface area contributed by atoms with Crippen molar-refractivity contribution in [2.24, 2.45) is 12.1 Å². The minimum Gasteiger partial charge on any atom is -0.460 e. The molecule has 0 atom stereocenters. The molecule has 0 bridgehead atoms. The number of hydrogen-bond acceptors (Lipinski definition) is 6. The molecule has 0 aliphatic rings. The number of furan rings is 1. The van der Waals surface area contributed by atoms with Crippen molar-refractivity contribution >= 4 is 39.8 Å². The van der Waals surface area contributed by atoms with Crippen LogP contribution in [0.5, 0.6) is 0 Å². The highest BCUT2D eigenvalue weighted by molar-refractivity contribution is 9.10. The van der Waals surface area contributed by atoms with E-state index >= 15 is 0 Å². The zero-order valence-electron chi connectivity index (χ0n) is 14.1. The van der Waals surface area contributed by atoms with Crippen molar-refractivity contribution < 1.29 is 9.21 Å². The normalized spacial score (nSPS) is 11.2. The number of thioether (sulfide) groups is 1. The molecule has 0 unspecified atom stereocenters. The lowest BCUT2D eigenvalue weighted by Crippen LogP contribution is -2.19. The number of aryl methyl sites for hydroxylation is 1. The Hall–Kier alpha value is -2.39. The molecule has 3 rings (SSSR count). The highest BCUT2D eigenvalue weighted by atomic mass is 79.9. The summed E-state index contributed by atoms with van der Waals surface area (Å²) >= 11 is 4.74. The summed E-state index contributed by atoms with van der Waals surface area (Å²) in [4.78, 5) is 11.9. The average molecular weight is 434 g/mol. The number of carbonyl (C=O) groups excluding carboxylic acids is 1. The molecule has 2 heterocycles. The van der Waals surface area contributed by atoms with Crippen molar-refractivity contribution in [1.82, 2.24) is 20.2 Å². The van der Waals surface area contributed by atoms with Crippen LogP contribution in [-0.4, -0.2) is 32.6 Å². The van der Waals surface area contributed by atoms with Crippen LogP contribution in [0.2, 0.25) is 0 Å². The van der Waals surface area contributed by atoms with Gasteiger partial charge in [0.1, 0.15) is 11.5 Å². The summed E-state index contributed by atoms with van der Waals surface area (Å²) in [6, 6.07) is 11.4. The second-order valence-corrected chi connectivity index (χ2v) is 7.26. The number of nitrogens with one attached hydrogen (secondary N) is 1. The largest absolute Gasteiger partial charge is 0.460 e. The second-order valence-electron chi connectivity index (χ2n) is 5.41. The molecule has 1 amide bonds. The Balaban J connectivity index is 1.56. The Kier molecular flexibility index (Phi) is 5.89. The van der Waals surface area contributed by atoms with Gasteiger partial charge in [0.15, 0.2) is 11.0 Å². The first-order valence-electron chi connectivity index (χ1n) is 7.69. The van der Waals surface area contributed by atoms with Crippen LogP contribution in [0, 0.1) is 6.92 Å². The van der Waals surface area contributed by atoms with Gasteiger partial charge < -0.3 is 8.98 Å². The summed E-state index contributed by atoms with van der Waals surface area (Å²) < 4.78 is 8.16. The molecule has 0 aliphatic heterocycles. The SMILES string of the molecule is Cc1ccc(C=NNC(=O)CSc2nnc(-c3cccc(Br)c3)n2C)o1. The lowest BCUT2D eigenvalue weighted by atomic mass is 10.2. The van der Waals surface area contributed by atoms with Gasteiger partial charge in [0, 0.05) is 17.1 Å². The van der Waals surface area contributed by atoms with E-state index in [0.29, 0.717) is 10.9 Å². The number of nitrogens with zero attached hydrogens (tertiary/aromatic N) is 4. The van der Waals surface area contributed by atoms with Crippen LogP contribution in [0.1, 0.15) is 11.5 Å². The van der Waals surface area contributed by atoms with Crippen LogP contribution in [-0.2, 0) is 11.8 Å². The molecule has 0 saturated heterocycles. The summed E-state index contributed by atoms with van der Waals surface area (Å²) in [6.07, 6.45) is 1.46. The molecule has 1 aromatic carbocycles. The summed E-state index contributed by atoms with van der Waals surface area (Å²) in [5, 5.41) is 12.9. The molecule has 9 heteroatoms. The Morgan fingerprint density at radius 3 is 2.96 bits per heavy atom. The van der Waals surface area contributed by atoms with E-state index in [1.165, 1.54) is 18.0 Å². The van der Waals surface area contributed by atoms with Gasteiger partial charge in [-0.2, -0.15) is 5.10 Å². The maximum absolute atomic E-state index is 11.9. The maximum atomic E-state index is 11.9. The Morgan fingerprint density at radius 2 is 2.23 bits per heavy atom. The van der Waals surface area contributed by atoms with Gasteiger partial charge in [0.2, 0.25) is 0 Å². The number of hydrogen-bond donors (Lipinski definition) is 1. The molecule has 26 heavy (non-hydrogen) atoms. The predicted octanol–water partition coefficient (Wildman–Crippen LogP) is 3.39. The van der Waals surface area contributed by atoms with E-state index in [4.69, 9.17) is 4.42 Å². The number of halogens is 1. The maximum Gasteiger partial charge on any atom is 0.250 e. The van der Waals surface area contributed by atoms with Crippen LogP contribution < -0.4 is 5.43 Å². The van der Waals surface area contributed by atoms with Gasteiger partial charge in [0.25, 0.3) is 5.91 Å². The number of benzene rings is 1. The first kappa shape index (κ1) is 18.4. The standard InChI is InChI=1S/C17H16BrN5O2S/c1-11-6-7-14(25-11)9-19-20-15(24)10-26-17-22-21-16(23(17)2)12-4-3-5-13(18)8-12/h3-9H,10H2,1-2H3,(H,20,24). The first-order valence-corrected chi connectivity index (χ1v) is 9.47. The molecule has 7 nitrogen and oxygen atoms in total. The molecule has 1 N–H and O–H groups in total.